The summed E-state index contributed by atoms with van der Waals surface area (Å²) in [6, 6.07) is 7.23. The normalized spacial score (nSPS) is 15.5. The third kappa shape index (κ3) is 4.85. The average molecular weight is 486 g/mol. The summed E-state index contributed by atoms with van der Waals surface area (Å²) in [5, 5.41) is 4.03. The average Bonchev–Trinajstić information content (AvgIpc) is 3.17. The van der Waals surface area contributed by atoms with Crippen molar-refractivity contribution in [1.29, 1.82) is 0 Å². The molecule has 7 nitrogen and oxygen atoms in total. The highest BCUT2D eigenvalue weighted by atomic mass is 32.2. The molecule has 0 saturated carbocycles. The largest absolute Gasteiger partial charge is 0.495 e. The first kappa shape index (κ1) is 23.5. The first-order chi connectivity index (χ1) is 15.9. The molecule has 1 N–H and O–H groups in total. The maximum atomic E-state index is 13.5. The third-order valence-corrected chi connectivity index (χ3v) is 7.64. The Morgan fingerprint density at radius 3 is 2.97 bits per heavy atom. The summed E-state index contributed by atoms with van der Waals surface area (Å²) in [5.41, 5.74) is 1.57. The molecule has 9 heteroatoms. The van der Waals surface area contributed by atoms with Gasteiger partial charge in [0.1, 0.15) is 10.6 Å². The van der Waals surface area contributed by atoms with E-state index < -0.39 is 0 Å². The molecule has 1 aromatic carbocycles. The molecule has 33 heavy (non-hydrogen) atoms. The number of para-hydroxylation sites is 2. The number of fused-ring (bicyclic) bond motifs is 3. The van der Waals surface area contributed by atoms with E-state index in [1.807, 2.05) is 12.1 Å². The summed E-state index contributed by atoms with van der Waals surface area (Å²) < 4.78 is 12.9. The van der Waals surface area contributed by atoms with Gasteiger partial charge < -0.3 is 14.8 Å². The van der Waals surface area contributed by atoms with E-state index in [2.05, 4.69) is 25.7 Å². The molecule has 0 saturated heterocycles. The molecule has 3 aromatic rings. The van der Waals surface area contributed by atoms with E-state index in [4.69, 9.17) is 14.5 Å². The molecule has 2 aromatic heterocycles. The van der Waals surface area contributed by atoms with Crippen LogP contribution >= 0.6 is 23.1 Å². The summed E-state index contributed by atoms with van der Waals surface area (Å²) >= 11 is 2.74. The summed E-state index contributed by atoms with van der Waals surface area (Å²) in [4.78, 5) is 32.6. The maximum Gasteiger partial charge on any atom is 0.263 e. The second kappa shape index (κ2) is 10.1. The van der Waals surface area contributed by atoms with E-state index in [-0.39, 0.29) is 23.3 Å². The Morgan fingerprint density at radius 1 is 1.45 bits per heavy atom. The van der Waals surface area contributed by atoms with Crippen molar-refractivity contribution in [2.75, 3.05) is 18.2 Å². The monoisotopic (exact) mass is 485 g/mol. The third-order valence-electron chi connectivity index (χ3n) is 5.56. The fourth-order valence-corrected chi connectivity index (χ4v) is 5.81. The number of amides is 1. The maximum absolute atomic E-state index is 13.5. The summed E-state index contributed by atoms with van der Waals surface area (Å²) in [6.07, 6.45) is 2.48. The van der Waals surface area contributed by atoms with Crippen molar-refractivity contribution in [2.24, 2.45) is 5.92 Å². The van der Waals surface area contributed by atoms with Crippen LogP contribution in [-0.2, 0) is 29.1 Å². The number of nitrogens with one attached hydrogen (secondary N) is 1. The van der Waals surface area contributed by atoms with E-state index in [9.17, 15) is 9.59 Å². The van der Waals surface area contributed by atoms with Gasteiger partial charge in [-0.1, -0.05) is 43.8 Å². The Kier molecular flexibility index (Phi) is 7.21. The predicted molar refractivity (Wildman–Crippen MR) is 134 cm³/mol. The number of carbonyl (C=O) groups is 1. The van der Waals surface area contributed by atoms with E-state index in [0.717, 1.165) is 10.4 Å². The second-order valence-electron chi connectivity index (χ2n) is 8.12. The topological polar surface area (TPSA) is 82.5 Å². The Labute approximate surface area is 200 Å². The van der Waals surface area contributed by atoms with Crippen LogP contribution in [-0.4, -0.2) is 34.4 Å². The van der Waals surface area contributed by atoms with Crippen LogP contribution in [0.5, 0.6) is 5.75 Å². The van der Waals surface area contributed by atoms with Gasteiger partial charge in [-0.25, -0.2) is 4.98 Å². The molecule has 0 radical (unpaired) electrons. The number of rotatable bonds is 8. The number of methoxy groups -OCH3 is 1. The lowest BCUT2D eigenvalue weighted by molar-refractivity contribution is -0.113. The molecule has 0 fully saturated rings. The molecule has 0 spiro atoms. The van der Waals surface area contributed by atoms with Gasteiger partial charge in [0.05, 0.1) is 36.6 Å². The Hall–Kier alpha value is -2.62. The molecule has 0 aliphatic carbocycles. The second-order valence-corrected chi connectivity index (χ2v) is 10.1. The minimum absolute atomic E-state index is 0.0885. The van der Waals surface area contributed by atoms with E-state index in [1.165, 1.54) is 23.1 Å². The van der Waals surface area contributed by atoms with E-state index >= 15 is 0 Å². The Bertz CT molecular complexity index is 1250. The van der Waals surface area contributed by atoms with Gasteiger partial charge in [0.25, 0.3) is 5.56 Å². The summed E-state index contributed by atoms with van der Waals surface area (Å²) in [7, 11) is 1.56. The molecule has 3 heterocycles. The SMILES string of the molecule is C=CCn1c(SCC(=O)Nc2ccccc2OC)nc2sc3c(c2c1=O)C[C@H](C(C)C)OC3. The lowest BCUT2D eigenvalue weighted by Crippen LogP contribution is -2.28. The molecular weight excluding hydrogens is 458 g/mol. The van der Waals surface area contributed by atoms with Crippen molar-refractivity contribution in [2.45, 2.75) is 44.7 Å². The summed E-state index contributed by atoms with van der Waals surface area (Å²) in [5.74, 6) is 0.859. The Balaban J connectivity index is 1.61. The van der Waals surface area contributed by atoms with Crippen molar-refractivity contribution in [3.8, 4) is 5.75 Å². The van der Waals surface area contributed by atoms with Crippen LogP contribution in [0.2, 0.25) is 0 Å². The number of thioether (sulfide) groups is 1. The number of aromatic nitrogens is 2. The van der Waals surface area contributed by atoms with Crippen LogP contribution in [0.25, 0.3) is 10.2 Å². The Morgan fingerprint density at radius 2 is 2.24 bits per heavy atom. The molecule has 174 valence electrons. The minimum atomic E-state index is -0.206. The lowest BCUT2D eigenvalue weighted by atomic mass is 9.96. The number of ether oxygens (including phenoxy) is 2. The van der Waals surface area contributed by atoms with Crippen molar-refractivity contribution < 1.29 is 14.3 Å². The number of hydrogen-bond acceptors (Lipinski definition) is 7. The zero-order valence-corrected chi connectivity index (χ0v) is 20.6. The lowest BCUT2D eigenvalue weighted by Gasteiger charge is -2.26. The van der Waals surface area contributed by atoms with Gasteiger partial charge in [0.2, 0.25) is 5.91 Å². The number of thiophene rings is 1. The first-order valence-corrected chi connectivity index (χ1v) is 12.6. The molecule has 1 aliphatic rings. The van der Waals surface area contributed by atoms with Gasteiger partial charge in [-0.2, -0.15) is 0 Å². The highest BCUT2D eigenvalue weighted by Gasteiger charge is 2.28. The standard InChI is InChI=1S/C24H27N3O4S2/c1-5-10-27-23(29)21-15-11-18(14(2)3)31-12-19(15)33-22(21)26-24(27)32-13-20(28)25-16-8-6-7-9-17(16)30-4/h5-9,14,18H,1,10-13H2,2-4H3,(H,25,28)/t18-/m1/s1. The van der Waals surface area contributed by atoms with Crippen LogP contribution in [0, 0.1) is 5.92 Å². The van der Waals surface area contributed by atoms with Gasteiger partial charge in [-0.15, -0.1) is 17.9 Å². The number of benzene rings is 1. The predicted octanol–water partition coefficient (Wildman–Crippen LogP) is 4.48. The summed E-state index contributed by atoms with van der Waals surface area (Å²) in [6.45, 7) is 8.88. The van der Waals surface area contributed by atoms with Crippen LogP contribution in [0.4, 0.5) is 5.69 Å². The van der Waals surface area contributed by atoms with E-state index in [1.54, 1.807) is 29.9 Å². The van der Waals surface area contributed by atoms with Crippen molar-refractivity contribution in [1.82, 2.24) is 9.55 Å². The van der Waals surface area contributed by atoms with Crippen LogP contribution in [0.1, 0.15) is 24.3 Å². The van der Waals surface area contributed by atoms with Crippen LogP contribution in [0.15, 0.2) is 46.9 Å². The molecule has 1 amide bonds. The van der Waals surface area contributed by atoms with Crippen molar-refractivity contribution >= 4 is 44.9 Å². The molecule has 1 aliphatic heterocycles. The number of hydrogen-bond donors (Lipinski definition) is 1. The zero-order chi connectivity index (χ0) is 23.5. The van der Waals surface area contributed by atoms with Crippen LogP contribution in [0.3, 0.4) is 0 Å². The number of anilines is 1. The number of carbonyl (C=O) groups excluding carboxylic acids is 1. The van der Waals surface area contributed by atoms with Gasteiger partial charge in [-0.05, 0) is 23.6 Å². The van der Waals surface area contributed by atoms with Crippen molar-refractivity contribution in [3.05, 3.63) is 57.7 Å². The molecule has 0 unspecified atom stereocenters. The van der Waals surface area contributed by atoms with Gasteiger partial charge in [0, 0.05) is 17.8 Å². The molecule has 4 rings (SSSR count). The molecule has 0 bridgehead atoms. The highest BCUT2D eigenvalue weighted by molar-refractivity contribution is 7.99. The van der Waals surface area contributed by atoms with Gasteiger partial charge in [0.15, 0.2) is 5.16 Å². The fraction of sp³-hybridized carbons (Fsp3) is 0.375. The smallest absolute Gasteiger partial charge is 0.263 e. The van der Waals surface area contributed by atoms with Crippen molar-refractivity contribution in [3.63, 3.8) is 0 Å². The quantitative estimate of drug-likeness (QED) is 0.288. The van der Waals surface area contributed by atoms with E-state index in [0.29, 0.717) is 52.3 Å². The fourth-order valence-electron chi connectivity index (χ4n) is 3.83. The number of nitrogens with zero attached hydrogens (tertiary/aromatic N) is 2. The van der Waals surface area contributed by atoms with Gasteiger partial charge in [-0.3, -0.25) is 14.2 Å². The molecule has 1 atom stereocenters. The highest BCUT2D eigenvalue weighted by Crippen LogP contribution is 2.36. The van der Waals surface area contributed by atoms with Crippen LogP contribution < -0.4 is 15.6 Å². The van der Waals surface area contributed by atoms with Gasteiger partial charge >= 0.3 is 0 Å². The first-order valence-electron chi connectivity index (χ1n) is 10.8. The minimum Gasteiger partial charge on any atom is -0.495 e. The molecular formula is C24H27N3O4S2. The zero-order valence-electron chi connectivity index (χ0n) is 18.9. The number of allylic oxidation sites excluding steroid dienone is 1.